The molecule has 1 fully saturated rings. The van der Waals surface area contributed by atoms with Crippen LogP contribution in [0.25, 0.3) is 0 Å². The second-order valence-electron chi connectivity index (χ2n) is 3.43. The minimum absolute atomic E-state index is 0. The fourth-order valence-electron chi connectivity index (χ4n) is 1.43. The van der Waals surface area contributed by atoms with Gasteiger partial charge in [0.05, 0.1) is 6.04 Å². The van der Waals surface area contributed by atoms with Crippen molar-refractivity contribution in [3.63, 3.8) is 0 Å². The Morgan fingerprint density at radius 2 is 2.00 bits per heavy atom. The maximum atomic E-state index is 11.4. The molecule has 4 heteroatoms. The fourth-order valence-corrected chi connectivity index (χ4v) is 1.43. The highest BCUT2D eigenvalue weighted by molar-refractivity contribution is 5.85. The molecule has 0 aromatic rings. The van der Waals surface area contributed by atoms with E-state index in [4.69, 9.17) is 0 Å². The first-order chi connectivity index (χ1) is 5.11. The number of likely N-dealkylation sites (N-methyl/N-ethyl adjacent to an activating group) is 1. The number of nitrogens with zero attached hydrogens (tertiary/aromatic N) is 1. The summed E-state index contributed by atoms with van der Waals surface area (Å²) in [5, 5.41) is 3.24. The highest BCUT2D eigenvalue weighted by Gasteiger charge is 2.27. The van der Waals surface area contributed by atoms with Crippen molar-refractivity contribution in [3.8, 4) is 0 Å². The summed E-state index contributed by atoms with van der Waals surface area (Å²) in [4.78, 5) is 13.0. The molecule has 12 heavy (non-hydrogen) atoms. The van der Waals surface area contributed by atoms with E-state index in [2.05, 4.69) is 12.2 Å². The molecule has 1 rings (SSSR count). The Hall–Kier alpha value is -0.280. The van der Waals surface area contributed by atoms with Gasteiger partial charge < -0.3 is 10.2 Å². The minimum atomic E-state index is 0. The Labute approximate surface area is 79.9 Å². The Morgan fingerprint density at radius 3 is 2.33 bits per heavy atom. The second kappa shape index (κ2) is 4.67. The Bertz CT molecular complexity index is 161. The first kappa shape index (κ1) is 11.7. The average molecular weight is 193 g/mol. The highest BCUT2D eigenvalue weighted by Crippen LogP contribution is 2.12. The smallest absolute Gasteiger partial charge is 0.239 e. The molecule has 1 N–H and O–H groups in total. The third kappa shape index (κ3) is 2.64. The molecule has 1 aliphatic rings. The summed E-state index contributed by atoms with van der Waals surface area (Å²) >= 11 is 0. The van der Waals surface area contributed by atoms with Gasteiger partial charge in [0, 0.05) is 20.1 Å². The first-order valence-corrected chi connectivity index (χ1v) is 4.08. The lowest BCUT2D eigenvalue weighted by Gasteiger charge is -2.16. The molecule has 1 heterocycles. The van der Waals surface area contributed by atoms with Crippen LogP contribution in [-0.2, 0) is 4.79 Å². The number of hydrogen-bond acceptors (Lipinski definition) is 2. The summed E-state index contributed by atoms with van der Waals surface area (Å²) in [5.74, 6) is 0.203. The van der Waals surface area contributed by atoms with Gasteiger partial charge in [0.25, 0.3) is 0 Å². The molecule has 1 saturated heterocycles. The first-order valence-electron chi connectivity index (χ1n) is 4.08. The number of nitrogens with one attached hydrogen (secondary N) is 1. The Kier molecular flexibility index (Phi) is 4.57. The predicted octanol–water partition coefficient (Wildman–Crippen LogP) is 0.637. The zero-order valence-electron chi connectivity index (χ0n) is 7.83. The van der Waals surface area contributed by atoms with Crippen molar-refractivity contribution in [2.45, 2.75) is 31.8 Å². The summed E-state index contributed by atoms with van der Waals surface area (Å²) in [6.07, 6.45) is 2.10. The predicted molar refractivity (Wildman–Crippen MR) is 51.6 cm³/mol. The van der Waals surface area contributed by atoms with Crippen LogP contribution in [0.1, 0.15) is 19.8 Å². The summed E-state index contributed by atoms with van der Waals surface area (Å²) in [7, 11) is 3.60. The maximum Gasteiger partial charge on any atom is 0.239 e. The Morgan fingerprint density at radius 1 is 1.42 bits per heavy atom. The van der Waals surface area contributed by atoms with Gasteiger partial charge in [0.1, 0.15) is 0 Å². The van der Waals surface area contributed by atoms with E-state index >= 15 is 0 Å². The number of carbonyl (C=O) groups excluding carboxylic acids is 1. The van der Waals surface area contributed by atoms with Crippen molar-refractivity contribution < 1.29 is 4.79 Å². The van der Waals surface area contributed by atoms with Crippen molar-refractivity contribution in [3.05, 3.63) is 0 Å². The third-order valence-electron chi connectivity index (χ3n) is 2.11. The van der Waals surface area contributed by atoms with Crippen LogP contribution in [0.4, 0.5) is 0 Å². The molecule has 1 aliphatic heterocycles. The summed E-state index contributed by atoms with van der Waals surface area (Å²) in [5.41, 5.74) is 0. The van der Waals surface area contributed by atoms with Gasteiger partial charge in [-0.3, -0.25) is 4.79 Å². The molecule has 1 unspecified atom stereocenters. The van der Waals surface area contributed by atoms with Gasteiger partial charge in [-0.1, -0.05) is 0 Å². The molecular weight excluding hydrogens is 176 g/mol. The van der Waals surface area contributed by atoms with Gasteiger partial charge in [-0.05, 0) is 19.8 Å². The lowest BCUT2D eigenvalue weighted by molar-refractivity contribution is -0.130. The molecule has 0 radical (unpaired) electrons. The molecule has 3 nitrogen and oxygen atoms in total. The van der Waals surface area contributed by atoms with E-state index in [9.17, 15) is 4.79 Å². The quantitative estimate of drug-likeness (QED) is 0.662. The topological polar surface area (TPSA) is 32.3 Å². The lowest BCUT2D eigenvalue weighted by Crippen LogP contribution is -2.41. The van der Waals surface area contributed by atoms with Crippen LogP contribution < -0.4 is 5.32 Å². The van der Waals surface area contributed by atoms with Gasteiger partial charge in [-0.25, -0.2) is 0 Å². The van der Waals surface area contributed by atoms with E-state index in [0.717, 1.165) is 12.8 Å². The molecule has 0 saturated carbocycles. The third-order valence-corrected chi connectivity index (χ3v) is 2.11. The van der Waals surface area contributed by atoms with Gasteiger partial charge in [-0.2, -0.15) is 0 Å². The van der Waals surface area contributed by atoms with Gasteiger partial charge >= 0.3 is 0 Å². The van der Waals surface area contributed by atoms with E-state index in [1.165, 1.54) is 0 Å². The number of rotatable bonds is 1. The van der Waals surface area contributed by atoms with Crippen LogP contribution in [0, 0.1) is 0 Å². The van der Waals surface area contributed by atoms with Crippen molar-refractivity contribution in [1.29, 1.82) is 0 Å². The molecule has 72 valence electrons. The van der Waals surface area contributed by atoms with Crippen LogP contribution in [0.15, 0.2) is 0 Å². The summed E-state index contributed by atoms with van der Waals surface area (Å²) < 4.78 is 0. The van der Waals surface area contributed by atoms with Gasteiger partial charge in [0.2, 0.25) is 5.91 Å². The lowest BCUT2D eigenvalue weighted by atomic mass is 10.2. The molecular formula is C8H17ClN2O. The number of hydrogen-bond donors (Lipinski definition) is 1. The van der Waals surface area contributed by atoms with Crippen LogP contribution in [0.5, 0.6) is 0 Å². The zero-order chi connectivity index (χ0) is 8.43. The molecule has 0 aliphatic carbocycles. The van der Waals surface area contributed by atoms with Crippen molar-refractivity contribution in [2.75, 3.05) is 14.1 Å². The zero-order valence-corrected chi connectivity index (χ0v) is 8.65. The van der Waals surface area contributed by atoms with Crippen LogP contribution in [0.3, 0.4) is 0 Å². The SMILES string of the molecule is CC1CC[C@@H](C(=O)N(C)C)N1.Cl. The minimum Gasteiger partial charge on any atom is -0.347 e. The normalized spacial score (nSPS) is 27.9. The molecule has 0 aromatic carbocycles. The van der Waals surface area contributed by atoms with E-state index in [-0.39, 0.29) is 24.4 Å². The Balaban J connectivity index is 0.00000121. The largest absolute Gasteiger partial charge is 0.347 e. The van der Waals surface area contributed by atoms with E-state index in [1.807, 2.05) is 0 Å². The highest BCUT2D eigenvalue weighted by atomic mass is 35.5. The average Bonchev–Trinajstić information content (AvgIpc) is 2.34. The molecule has 1 amide bonds. The number of halogens is 1. The molecule has 0 aromatic heterocycles. The van der Waals surface area contributed by atoms with Crippen LogP contribution in [0.2, 0.25) is 0 Å². The number of amides is 1. The van der Waals surface area contributed by atoms with Gasteiger partial charge in [0.15, 0.2) is 0 Å². The van der Waals surface area contributed by atoms with E-state index < -0.39 is 0 Å². The standard InChI is InChI=1S/C8H16N2O.ClH/c1-6-4-5-7(9-6)8(11)10(2)3;/h6-7,9H,4-5H2,1-3H3;1H/t6?,7-;/m0./s1. The van der Waals surface area contributed by atoms with E-state index in [1.54, 1.807) is 19.0 Å². The number of carbonyl (C=O) groups is 1. The fraction of sp³-hybridized carbons (Fsp3) is 0.875. The van der Waals surface area contributed by atoms with Crippen molar-refractivity contribution >= 4 is 18.3 Å². The molecule has 0 bridgehead atoms. The molecule has 0 spiro atoms. The van der Waals surface area contributed by atoms with Crippen molar-refractivity contribution in [1.82, 2.24) is 10.2 Å². The summed E-state index contributed by atoms with van der Waals surface area (Å²) in [6.45, 7) is 2.11. The maximum absolute atomic E-state index is 11.4. The van der Waals surface area contributed by atoms with Crippen LogP contribution >= 0.6 is 12.4 Å². The van der Waals surface area contributed by atoms with Gasteiger partial charge in [-0.15, -0.1) is 12.4 Å². The summed E-state index contributed by atoms with van der Waals surface area (Å²) in [6, 6.07) is 0.573. The van der Waals surface area contributed by atoms with E-state index in [0.29, 0.717) is 6.04 Å². The van der Waals surface area contributed by atoms with Crippen molar-refractivity contribution in [2.24, 2.45) is 0 Å². The monoisotopic (exact) mass is 192 g/mol. The van der Waals surface area contributed by atoms with Crippen LogP contribution in [-0.4, -0.2) is 37.0 Å². The molecule has 2 atom stereocenters. The second-order valence-corrected chi connectivity index (χ2v) is 3.43.